The molecule has 0 spiro atoms. The van der Waals surface area contributed by atoms with Crippen molar-refractivity contribution in [2.45, 2.75) is 18.6 Å². The molecule has 1 fully saturated rings. The molecule has 1 saturated heterocycles. The fourth-order valence-corrected chi connectivity index (χ4v) is 2.84. The number of carbonyl (C=O) groups excluding carboxylic acids is 3. The Labute approximate surface area is 132 Å². The van der Waals surface area contributed by atoms with Crippen LogP contribution in [0, 0.1) is 6.92 Å². The Bertz CT molecular complexity index is 625. The van der Waals surface area contributed by atoms with Crippen LogP contribution < -0.4 is 10.6 Å². The van der Waals surface area contributed by atoms with Gasteiger partial charge in [0.1, 0.15) is 5.25 Å². The van der Waals surface area contributed by atoms with Gasteiger partial charge >= 0.3 is 5.97 Å². The molecule has 0 aromatic heterocycles. The molecule has 2 N–H and O–H groups in total. The third-order valence-corrected chi connectivity index (χ3v) is 4.11. The van der Waals surface area contributed by atoms with E-state index in [0.29, 0.717) is 10.7 Å². The van der Waals surface area contributed by atoms with Crippen molar-refractivity contribution in [2.75, 3.05) is 12.4 Å². The van der Waals surface area contributed by atoms with E-state index >= 15 is 0 Å². The van der Waals surface area contributed by atoms with Crippen LogP contribution in [0.5, 0.6) is 0 Å². The Balaban J connectivity index is 1.95. The van der Waals surface area contributed by atoms with Gasteiger partial charge in [0, 0.05) is 11.8 Å². The molecule has 0 saturated carbocycles. The first-order valence-corrected chi connectivity index (χ1v) is 7.49. The summed E-state index contributed by atoms with van der Waals surface area (Å²) >= 11 is 1.14. The number of hydrogen-bond donors (Lipinski definition) is 2. The molecule has 0 bridgehead atoms. The second kappa shape index (κ2) is 7.13. The van der Waals surface area contributed by atoms with E-state index < -0.39 is 11.2 Å². The van der Waals surface area contributed by atoms with Gasteiger partial charge in [0.15, 0.2) is 0 Å². The highest BCUT2D eigenvalue weighted by molar-refractivity contribution is 8.04. The third-order valence-electron chi connectivity index (χ3n) is 2.97. The second-order valence-electron chi connectivity index (χ2n) is 4.74. The van der Waals surface area contributed by atoms with Gasteiger partial charge in [-0.1, -0.05) is 29.5 Å². The van der Waals surface area contributed by atoms with Crippen molar-refractivity contribution >= 4 is 35.2 Å². The first-order chi connectivity index (χ1) is 10.5. The average Bonchev–Trinajstić information content (AvgIpc) is 2.80. The van der Waals surface area contributed by atoms with Gasteiger partial charge in [0.2, 0.25) is 5.91 Å². The lowest BCUT2D eigenvalue weighted by atomic mass is 10.2. The summed E-state index contributed by atoms with van der Waals surface area (Å²) in [4.78, 5) is 34.8. The third kappa shape index (κ3) is 4.36. The van der Waals surface area contributed by atoms with Crippen molar-refractivity contribution in [3.05, 3.63) is 40.9 Å². The lowest BCUT2D eigenvalue weighted by Gasteiger charge is -2.03. The number of methoxy groups -OCH3 is 1. The summed E-state index contributed by atoms with van der Waals surface area (Å²) in [5, 5.41) is 5.14. The number of rotatable bonds is 4. The van der Waals surface area contributed by atoms with Crippen molar-refractivity contribution in [1.82, 2.24) is 5.32 Å². The molecule has 2 rings (SSSR count). The zero-order valence-corrected chi connectivity index (χ0v) is 13.0. The van der Waals surface area contributed by atoms with E-state index in [-0.39, 0.29) is 18.2 Å². The Kier molecular flexibility index (Phi) is 5.21. The van der Waals surface area contributed by atoms with Gasteiger partial charge in [-0.2, -0.15) is 0 Å². The second-order valence-corrected chi connectivity index (χ2v) is 5.98. The molecule has 1 aliphatic heterocycles. The maximum Gasteiger partial charge on any atom is 0.307 e. The van der Waals surface area contributed by atoms with Gasteiger partial charge in [-0.05, 0) is 19.1 Å². The van der Waals surface area contributed by atoms with Crippen molar-refractivity contribution in [3.63, 3.8) is 0 Å². The van der Waals surface area contributed by atoms with Crippen molar-refractivity contribution < 1.29 is 19.1 Å². The molecule has 7 heteroatoms. The van der Waals surface area contributed by atoms with Crippen LogP contribution in [0.25, 0.3) is 0 Å². The summed E-state index contributed by atoms with van der Waals surface area (Å²) in [6.45, 7) is 1.96. The first-order valence-electron chi connectivity index (χ1n) is 6.61. The molecule has 1 heterocycles. The molecule has 0 aliphatic carbocycles. The van der Waals surface area contributed by atoms with Crippen molar-refractivity contribution in [2.24, 2.45) is 0 Å². The van der Waals surface area contributed by atoms with Crippen LogP contribution in [0.1, 0.15) is 12.0 Å². The molecule has 0 radical (unpaired) electrons. The number of amides is 2. The van der Waals surface area contributed by atoms with Crippen LogP contribution in [0.15, 0.2) is 35.4 Å². The predicted octanol–water partition coefficient (Wildman–Crippen LogP) is 1.57. The van der Waals surface area contributed by atoms with E-state index in [2.05, 4.69) is 15.4 Å². The molecule has 116 valence electrons. The topological polar surface area (TPSA) is 84.5 Å². The molecule has 6 nitrogen and oxygen atoms in total. The maximum absolute atomic E-state index is 11.9. The Morgan fingerprint density at radius 2 is 2.05 bits per heavy atom. The van der Waals surface area contributed by atoms with Gasteiger partial charge < -0.3 is 15.4 Å². The number of aryl methyl sites for hydroxylation is 1. The summed E-state index contributed by atoms with van der Waals surface area (Å²) in [6.07, 6.45) is 1.28. The molecule has 1 aliphatic rings. The highest BCUT2D eigenvalue weighted by Crippen LogP contribution is 2.29. The minimum atomic E-state index is -0.564. The van der Waals surface area contributed by atoms with Gasteiger partial charge in [-0.15, -0.1) is 0 Å². The van der Waals surface area contributed by atoms with Crippen LogP contribution in [-0.2, 0) is 19.1 Å². The fraction of sp³-hybridized carbons (Fsp3) is 0.267. The fourth-order valence-electron chi connectivity index (χ4n) is 1.81. The summed E-state index contributed by atoms with van der Waals surface area (Å²) in [5.41, 5.74) is 1.77. The predicted molar refractivity (Wildman–Crippen MR) is 84.0 cm³/mol. The molecule has 0 unspecified atom stereocenters. The van der Waals surface area contributed by atoms with Gasteiger partial charge in [0.05, 0.1) is 18.6 Å². The average molecular weight is 320 g/mol. The molecule has 1 aromatic rings. The number of nitrogens with one attached hydrogen (secondary N) is 2. The molecule has 22 heavy (non-hydrogen) atoms. The molecular formula is C15H16N2O4S. The number of benzene rings is 1. The van der Waals surface area contributed by atoms with Crippen molar-refractivity contribution in [3.8, 4) is 0 Å². The smallest absolute Gasteiger partial charge is 0.307 e. The largest absolute Gasteiger partial charge is 0.469 e. The monoisotopic (exact) mass is 320 g/mol. The minimum absolute atomic E-state index is 0.0239. The Hall–Kier alpha value is -2.28. The molecule has 1 aromatic carbocycles. The highest BCUT2D eigenvalue weighted by Gasteiger charge is 2.31. The van der Waals surface area contributed by atoms with E-state index in [0.717, 1.165) is 17.3 Å². The minimum Gasteiger partial charge on any atom is -0.469 e. The van der Waals surface area contributed by atoms with Crippen LogP contribution >= 0.6 is 11.8 Å². The Morgan fingerprint density at radius 1 is 1.36 bits per heavy atom. The first kappa shape index (κ1) is 16.1. The summed E-state index contributed by atoms with van der Waals surface area (Å²) < 4.78 is 4.53. The number of ether oxygens (including phenoxy) is 1. The van der Waals surface area contributed by atoms with Gasteiger partial charge in [0.25, 0.3) is 5.91 Å². The standard InChI is InChI=1S/C15H16N2O4S/c1-9-3-5-10(6-4-9)16-12(18)8-13-17-15(20)11(22-13)7-14(19)21-2/h3-6,8,11H,7H2,1-2H3,(H,16,18)(H,17,20)/b13-8+/t11-/m0/s1. The summed E-state index contributed by atoms with van der Waals surface area (Å²) in [7, 11) is 1.27. The molecular weight excluding hydrogens is 304 g/mol. The molecule has 2 amide bonds. The van der Waals surface area contributed by atoms with Crippen molar-refractivity contribution in [1.29, 1.82) is 0 Å². The van der Waals surface area contributed by atoms with E-state index in [1.54, 1.807) is 12.1 Å². The van der Waals surface area contributed by atoms with E-state index in [1.807, 2.05) is 19.1 Å². The number of thioether (sulfide) groups is 1. The van der Waals surface area contributed by atoms with Gasteiger partial charge in [-0.25, -0.2) is 0 Å². The van der Waals surface area contributed by atoms with Crippen LogP contribution in [-0.4, -0.2) is 30.1 Å². The van der Waals surface area contributed by atoms with E-state index in [9.17, 15) is 14.4 Å². The van der Waals surface area contributed by atoms with Crippen LogP contribution in [0.4, 0.5) is 5.69 Å². The highest BCUT2D eigenvalue weighted by atomic mass is 32.2. The zero-order valence-electron chi connectivity index (χ0n) is 12.2. The number of anilines is 1. The van der Waals surface area contributed by atoms with E-state index in [4.69, 9.17) is 0 Å². The lowest BCUT2D eigenvalue weighted by molar-refractivity contribution is -0.141. The summed E-state index contributed by atoms with van der Waals surface area (Å²) in [5.74, 6) is -1.10. The number of esters is 1. The maximum atomic E-state index is 11.9. The quantitative estimate of drug-likeness (QED) is 0.650. The summed E-state index contributed by atoms with van der Waals surface area (Å²) in [6, 6.07) is 7.38. The van der Waals surface area contributed by atoms with Crippen LogP contribution in [0.2, 0.25) is 0 Å². The normalized spacial score (nSPS) is 18.9. The molecule has 1 atom stereocenters. The zero-order chi connectivity index (χ0) is 16.1. The lowest BCUT2D eigenvalue weighted by Crippen LogP contribution is -2.24. The Morgan fingerprint density at radius 3 is 2.68 bits per heavy atom. The number of hydrogen-bond acceptors (Lipinski definition) is 5. The number of carbonyl (C=O) groups is 3. The SMILES string of the molecule is COC(=O)C[C@@H]1S/C(=C/C(=O)Nc2ccc(C)cc2)NC1=O. The van der Waals surface area contributed by atoms with E-state index in [1.165, 1.54) is 13.2 Å². The van der Waals surface area contributed by atoms with Crippen LogP contribution in [0.3, 0.4) is 0 Å². The van der Waals surface area contributed by atoms with Gasteiger partial charge in [-0.3, -0.25) is 14.4 Å².